The summed E-state index contributed by atoms with van der Waals surface area (Å²) in [5, 5.41) is 14.7. The van der Waals surface area contributed by atoms with Crippen molar-refractivity contribution in [3.05, 3.63) is 65.5 Å². The molecular formula is C27H38FN7O4. The molecule has 0 saturated heterocycles. The first kappa shape index (κ1) is 31.0. The van der Waals surface area contributed by atoms with Crippen molar-refractivity contribution in [3.8, 4) is 5.75 Å². The maximum atomic E-state index is 13.1. The number of hydrogen-bond acceptors (Lipinski definition) is 6. The molecule has 0 radical (unpaired) electrons. The zero-order chi connectivity index (χ0) is 28.8. The van der Waals surface area contributed by atoms with Crippen molar-refractivity contribution in [1.82, 2.24) is 15.5 Å². The van der Waals surface area contributed by atoms with E-state index in [-0.39, 0.29) is 49.4 Å². The van der Waals surface area contributed by atoms with Gasteiger partial charge in [0.05, 0.1) is 12.6 Å². The number of aliphatic imine (C=N–C) groups is 1. The van der Waals surface area contributed by atoms with Gasteiger partial charge in [-0.3, -0.25) is 19.4 Å². The average Bonchev–Trinajstić information content (AvgIpc) is 2.91. The predicted molar refractivity (Wildman–Crippen MR) is 147 cm³/mol. The number of phenols is 1. The standard InChI is InChI=1S/C27H38FN7O4/c1-2-35(15-13-18-5-9-20(28)10-6-18)24(37)17-33-26(39)23(4-3-14-32-27(30)31)34-25(38)22(29)16-19-7-11-21(36)12-8-19/h5-12,22-23,36H,2-4,13-17,29H2,1H3,(H,33,39)(H,34,38)(H4,30,31,32)/t22-,23+/m0/s1. The molecule has 0 saturated carbocycles. The number of rotatable bonds is 15. The summed E-state index contributed by atoms with van der Waals surface area (Å²) in [6, 6.07) is 10.5. The minimum Gasteiger partial charge on any atom is -0.508 e. The Morgan fingerprint density at radius 2 is 1.67 bits per heavy atom. The van der Waals surface area contributed by atoms with Crippen LogP contribution in [0.5, 0.6) is 5.75 Å². The number of benzene rings is 2. The van der Waals surface area contributed by atoms with E-state index in [4.69, 9.17) is 17.2 Å². The topological polar surface area (TPSA) is 189 Å². The van der Waals surface area contributed by atoms with Gasteiger partial charge in [0.1, 0.15) is 17.6 Å². The van der Waals surface area contributed by atoms with Crippen molar-refractivity contribution in [3.63, 3.8) is 0 Å². The van der Waals surface area contributed by atoms with Crippen LogP contribution in [0.1, 0.15) is 30.9 Å². The summed E-state index contributed by atoms with van der Waals surface area (Å²) in [6.45, 7) is 2.66. The lowest BCUT2D eigenvalue weighted by Gasteiger charge is -2.23. The fourth-order valence-corrected chi connectivity index (χ4v) is 3.80. The molecule has 212 valence electrons. The molecule has 11 nitrogen and oxygen atoms in total. The molecule has 2 aromatic carbocycles. The third-order valence-electron chi connectivity index (χ3n) is 6.04. The number of phenolic OH excluding ortho intramolecular Hbond substituents is 1. The normalized spacial score (nSPS) is 12.2. The Morgan fingerprint density at radius 3 is 2.28 bits per heavy atom. The number of halogens is 1. The quantitative estimate of drug-likeness (QED) is 0.105. The van der Waals surface area contributed by atoms with Gasteiger partial charge in [0, 0.05) is 19.6 Å². The molecule has 0 bridgehead atoms. The van der Waals surface area contributed by atoms with E-state index in [1.807, 2.05) is 6.92 Å². The van der Waals surface area contributed by atoms with Gasteiger partial charge < -0.3 is 37.8 Å². The van der Waals surface area contributed by atoms with Crippen molar-refractivity contribution in [2.75, 3.05) is 26.2 Å². The van der Waals surface area contributed by atoms with Crippen LogP contribution >= 0.6 is 0 Å². The van der Waals surface area contributed by atoms with Crippen molar-refractivity contribution < 1.29 is 23.9 Å². The molecule has 0 spiro atoms. The lowest BCUT2D eigenvalue weighted by molar-refractivity contribution is -0.134. The summed E-state index contributed by atoms with van der Waals surface area (Å²) in [5.74, 6) is -1.67. The number of nitrogens with zero attached hydrogens (tertiary/aromatic N) is 2. The SMILES string of the molecule is CCN(CCc1ccc(F)cc1)C(=O)CNC(=O)[C@@H](CCCN=C(N)N)NC(=O)[C@@H](N)Cc1ccc(O)cc1. The summed E-state index contributed by atoms with van der Waals surface area (Å²) >= 11 is 0. The van der Waals surface area contributed by atoms with E-state index in [9.17, 15) is 23.9 Å². The average molecular weight is 544 g/mol. The number of carbonyl (C=O) groups is 3. The van der Waals surface area contributed by atoms with E-state index >= 15 is 0 Å². The number of guanidine groups is 1. The van der Waals surface area contributed by atoms with Crippen molar-refractivity contribution >= 4 is 23.7 Å². The first-order chi connectivity index (χ1) is 18.6. The molecule has 0 aromatic heterocycles. The maximum Gasteiger partial charge on any atom is 0.243 e. The Kier molecular flexibility index (Phi) is 12.7. The highest BCUT2D eigenvalue weighted by atomic mass is 19.1. The van der Waals surface area contributed by atoms with E-state index in [0.29, 0.717) is 25.9 Å². The van der Waals surface area contributed by atoms with E-state index in [1.165, 1.54) is 24.3 Å². The van der Waals surface area contributed by atoms with Gasteiger partial charge in [0.15, 0.2) is 5.96 Å². The lowest BCUT2D eigenvalue weighted by atomic mass is 10.0. The third kappa shape index (κ3) is 11.4. The van der Waals surface area contributed by atoms with Crippen LogP contribution in [0.2, 0.25) is 0 Å². The summed E-state index contributed by atoms with van der Waals surface area (Å²) in [7, 11) is 0. The van der Waals surface area contributed by atoms with Crippen LogP contribution in [0, 0.1) is 5.82 Å². The minimum absolute atomic E-state index is 0.0816. The summed E-state index contributed by atoms with van der Waals surface area (Å²) < 4.78 is 13.1. The van der Waals surface area contributed by atoms with Crippen LogP contribution < -0.4 is 27.8 Å². The molecular weight excluding hydrogens is 505 g/mol. The van der Waals surface area contributed by atoms with Crippen molar-refractivity contribution in [2.24, 2.45) is 22.2 Å². The predicted octanol–water partition coefficient (Wildman–Crippen LogP) is 0.147. The number of aromatic hydroxyl groups is 1. The van der Waals surface area contributed by atoms with Crippen LogP contribution in [-0.4, -0.2) is 72.0 Å². The minimum atomic E-state index is -0.959. The second-order valence-electron chi connectivity index (χ2n) is 9.05. The molecule has 0 aliphatic carbocycles. The van der Waals surface area contributed by atoms with Crippen LogP contribution in [0.25, 0.3) is 0 Å². The molecule has 2 atom stereocenters. The molecule has 0 fully saturated rings. The van der Waals surface area contributed by atoms with Gasteiger partial charge in [-0.15, -0.1) is 0 Å². The molecule has 0 heterocycles. The second-order valence-corrected chi connectivity index (χ2v) is 9.05. The van der Waals surface area contributed by atoms with Crippen LogP contribution in [0.4, 0.5) is 4.39 Å². The number of carbonyl (C=O) groups excluding carboxylic acids is 3. The largest absolute Gasteiger partial charge is 0.508 e. The Hall–Kier alpha value is -4.19. The number of likely N-dealkylation sites (N-methyl/N-ethyl adjacent to an activating group) is 1. The molecule has 2 aromatic rings. The molecule has 39 heavy (non-hydrogen) atoms. The van der Waals surface area contributed by atoms with Crippen molar-refractivity contribution in [2.45, 2.75) is 44.7 Å². The Balaban J connectivity index is 1.95. The van der Waals surface area contributed by atoms with Crippen LogP contribution in [-0.2, 0) is 27.2 Å². The fraction of sp³-hybridized carbons (Fsp3) is 0.407. The Morgan fingerprint density at radius 1 is 1.03 bits per heavy atom. The monoisotopic (exact) mass is 543 g/mol. The van der Waals surface area contributed by atoms with E-state index < -0.39 is 23.9 Å². The zero-order valence-electron chi connectivity index (χ0n) is 22.1. The van der Waals surface area contributed by atoms with Gasteiger partial charge in [-0.25, -0.2) is 4.39 Å². The van der Waals surface area contributed by atoms with E-state index in [2.05, 4.69) is 15.6 Å². The number of hydrogen-bond donors (Lipinski definition) is 6. The highest BCUT2D eigenvalue weighted by Gasteiger charge is 2.24. The summed E-state index contributed by atoms with van der Waals surface area (Å²) in [6.07, 6.45) is 1.36. The molecule has 0 aliphatic rings. The van der Waals surface area contributed by atoms with Gasteiger partial charge in [-0.1, -0.05) is 24.3 Å². The molecule has 9 N–H and O–H groups in total. The number of nitrogens with one attached hydrogen (secondary N) is 2. The van der Waals surface area contributed by atoms with Gasteiger partial charge in [-0.05, 0) is 68.0 Å². The summed E-state index contributed by atoms with van der Waals surface area (Å²) in [5.41, 5.74) is 18.4. The van der Waals surface area contributed by atoms with Crippen LogP contribution in [0.15, 0.2) is 53.5 Å². The Bertz CT molecular complexity index is 1110. The molecule has 2 rings (SSSR count). The van der Waals surface area contributed by atoms with Gasteiger partial charge >= 0.3 is 0 Å². The molecule has 0 unspecified atom stereocenters. The van der Waals surface area contributed by atoms with Gasteiger partial charge in [0.2, 0.25) is 17.7 Å². The number of nitrogens with two attached hydrogens (primary N) is 3. The highest BCUT2D eigenvalue weighted by Crippen LogP contribution is 2.11. The van der Waals surface area contributed by atoms with Gasteiger partial charge in [0.25, 0.3) is 0 Å². The molecule has 12 heteroatoms. The highest BCUT2D eigenvalue weighted by molar-refractivity contribution is 5.91. The smallest absolute Gasteiger partial charge is 0.243 e. The Labute approximate surface area is 227 Å². The third-order valence-corrected chi connectivity index (χ3v) is 6.04. The molecule has 0 aliphatic heterocycles. The van der Waals surface area contributed by atoms with E-state index in [0.717, 1.165) is 11.1 Å². The lowest BCUT2D eigenvalue weighted by Crippen LogP contribution is -2.53. The molecule has 3 amide bonds. The fourth-order valence-electron chi connectivity index (χ4n) is 3.80. The zero-order valence-corrected chi connectivity index (χ0v) is 22.1. The summed E-state index contributed by atoms with van der Waals surface area (Å²) in [4.78, 5) is 44.0. The number of amides is 3. The van der Waals surface area contributed by atoms with Crippen LogP contribution in [0.3, 0.4) is 0 Å². The first-order valence-corrected chi connectivity index (χ1v) is 12.8. The van der Waals surface area contributed by atoms with Crippen molar-refractivity contribution in [1.29, 1.82) is 0 Å². The second kappa shape index (κ2) is 15.9. The van der Waals surface area contributed by atoms with Gasteiger partial charge in [-0.2, -0.15) is 0 Å². The maximum absolute atomic E-state index is 13.1. The first-order valence-electron chi connectivity index (χ1n) is 12.8. The van der Waals surface area contributed by atoms with E-state index in [1.54, 1.807) is 29.2 Å².